The average Bonchev–Trinajstić information content (AvgIpc) is 2.39. The molecule has 3 N–H and O–H groups in total. The Hall–Kier alpha value is -1.07. The molecule has 2 rings (SSSR count). The second-order valence-corrected chi connectivity index (χ2v) is 4.40. The number of rotatable bonds is 0. The van der Waals surface area contributed by atoms with E-state index < -0.39 is 23.9 Å². The third-order valence-corrected chi connectivity index (χ3v) is 3.19. The van der Waals surface area contributed by atoms with Crippen LogP contribution in [0.3, 0.4) is 0 Å². The van der Waals surface area contributed by atoms with Gasteiger partial charge in [-0.15, -0.1) is 0 Å². The molecule has 0 fully saturated rings. The van der Waals surface area contributed by atoms with E-state index in [1.54, 1.807) is 0 Å². The highest BCUT2D eigenvalue weighted by molar-refractivity contribution is 5.37. The molecule has 0 aliphatic heterocycles. The molecule has 94 valence electrons. The molecule has 1 aromatic rings. The zero-order valence-electron chi connectivity index (χ0n) is 9.17. The molecule has 0 saturated carbocycles. The molecule has 17 heavy (non-hydrogen) atoms. The van der Waals surface area contributed by atoms with E-state index in [-0.39, 0.29) is 0 Å². The molecule has 2 atom stereocenters. The van der Waals surface area contributed by atoms with Crippen molar-refractivity contribution in [1.29, 1.82) is 0 Å². The SMILES string of the molecule is N[C@H]1c2cc(C(F)(F)F)ccc2CCC[C@H]1O. The monoisotopic (exact) mass is 245 g/mol. The molecule has 1 aliphatic rings. The minimum Gasteiger partial charge on any atom is -0.391 e. The second kappa shape index (κ2) is 4.31. The van der Waals surface area contributed by atoms with Crippen molar-refractivity contribution >= 4 is 0 Å². The van der Waals surface area contributed by atoms with Gasteiger partial charge in [-0.3, -0.25) is 0 Å². The predicted octanol–water partition coefficient (Wildman–Crippen LogP) is 2.40. The van der Waals surface area contributed by atoms with Gasteiger partial charge in [0.2, 0.25) is 0 Å². The Kier molecular flexibility index (Phi) is 3.14. The first-order valence-corrected chi connectivity index (χ1v) is 5.53. The van der Waals surface area contributed by atoms with Crippen LogP contribution in [-0.4, -0.2) is 11.2 Å². The van der Waals surface area contributed by atoms with Crippen molar-refractivity contribution in [2.75, 3.05) is 0 Å². The fourth-order valence-corrected chi connectivity index (χ4v) is 2.20. The van der Waals surface area contributed by atoms with E-state index >= 15 is 0 Å². The van der Waals surface area contributed by atoms with Gasteiger partial charge in [0.15, 0.2) is 0 Å². The Morgan fingerprint density at radius 1 is 1.29 bits per heavy atom. The summed E-state index contributed by atoms with van der Waals surface area (Å²) in [7, 11) is 0. The van der Waals surface area contributed by atoms with Gasteiger partial charge in [0, 0.05) is 0 Å². The maximum Gasteiger partial charge on any atom is 0.416 e. The van der Waals surface area contributed by atoms with E-state index in [1.807, 2.05) is 0 Å². The first kappa shape index (κ1) is 12.4. The van der Waals surface area contributed by atoms with Crippen LogP contribution in [0.1, 0.15) is 35.6 Å². The van der Waals surface area contributed by atoms with Crippen molar-refractivity contribution in [3.05, 3.63) is 34.9 Å². The molecule has 0 unspecified atom stereocenters. The van der Waals surface area contributed by atoms with Crippen molar-refractivity contribution in [2.45, 2.75) is 37.6 Å². The Morgan fingerprint density at radius 3 is 2.65 bits per heavy atom. The van der Waals surface area contributed by atoms with Gasteiger partial charge in [0.1, 0.15) is 0 Å². The molecule has 0 radical (unpaired) electrons. The largest absolute Gasteiger partial charge is 0.416 e. The molecular weight excluding hydrogens is 231 g/mol. The number of hydrogen-bond donors (Lipinski definition) is 2. The van der Waals surface area contributed by atoms with Crippen LogP contribution in [0.15, 0.2) is 18.2 Å². The highest BCUT2D eigenvalue weighted by atomic mass is 19.4. The Bertz CT molecular complexity index is 417. The molecule has 0 bridgehead atoms. The number of alkyl halides is 3. The lowest BCUT2D eigenvalue weighted by atomic mass is 9.96. The smallest absolute Gasteiger partial charge is 0.391 e. The summed E-state index contributed by atoms with van der Waals surface area (Å²) in [5, 5.41) is 9.69. The molecule has 0 aromatic heterocycles. The van der Waals surface area contributed by atoms with Crippen LogP contribution in [0, 0.1) is 0 Å². The summed E-state index contributed by atoms with van der Waals surface area (Å²) < 4.78 is 37.7. The molecule has 0 saturated heterocycles. The molecule has 0 amide bonds. The standard InChI is InChI=1S/C12H14F3NO/c13-12(14,15)8-5-4-7-2-1-3-10(17)11(16)9(7)6-8/h4-6,10-11,17H,1-3,16H2/t10-,11+/m1/s1. The molecule has 1 aromatic carbocycles. The van der Waals surface area contributed by atoms with Gasteiger partial charge < -0.3 is 10.8 Å². The molecule has 1 aliphatic carbocycles. The van der Waals surface area contributed by atoms with Crippen molar-refractivity contribution < 1.29 is 18.3 Å². The zero-order valence-corrected chi connectivity index (χ0v) is 9.17. The number of halogens is 3. The van der Waals surface area contributed by atoms with Gasteiger partial charge in [-0.25, -0.2) is 0 Å². The van der Waals surface area contributed by atoms with Crippen LogP contribution < -0.4 is 5.73 Å². The lowest BCUT2D eigenvalue weighted by molar-refractivity contribution is -0.137. The topological polar surface area (TPSA) is 46.2 Å². The van der Waals surface area contributed by atoms with Crippen molar-refractivity contribution in [1.82, 2.24) is 0 Å². The fourth-order valence-electron chi connectivity index (χ4n) is 2.20. The van der Waals surface area contributed by atoms with Gasteiger partial charge in [0.05, 0.1) is 17.7 Å². The maximum absolute atomic E-state index is 12.6. The van der Waals surface area contributed by atoms with Gasteiger partial charge in [-0.2, -0.15) is 13.2 Å². The van der Waals surface area contributed by atoms with Gasteiger partial charge in [0.25, 0.3) is 0 Å². The minimum absolute atomic E-state index is 0.421. The maximum atomic E-state index is 12.6. The summed E-state index contributed by atoms with van der Waals surface area (Å²) in [6, 6.07) is 2.88. The van der Waals surface area contributed by atoms with E-state index in [0.29, 0.717) is 18.4 Å². The summed E-state index contributed by atoms with van der Waals surface area (Å²) in [6.07, 6.45) is -3.20. The summed E-state index contributed by atoms with van der Waals surface area (Å²) in [5.41, 5.74) is 6.31. The van der Waals surface area contributed by atoms with Crippen molar-refractivity contribution in [3.63, 3.8) is 0 Å². The van der Waals surface area contributed by atoms with Gasteiger partial charge in [-0.05, 0) is 42.5 Å². The van der Waals surface area contributed by atoms with E-state index in [4.69, 9.17) is 5.73 Å². The number of aliphatic hydroxyl groups is 1. The van der Waals surface area contributed by atoms with E-state index in [9.17, 15) is 18.3 Å². The highest BCUT2D eigenvalue weighted by Crippen LogP contribution is 2.34. The molecule has 2 nitrogen and oxygen atoms in total. The zero-order chi connectivity index (χ0) is 12.6. The third kappa shape index (κ3) is 2.45. The minimum atomic E-state index is -4.37. The Balaban J connectivity index is 2.46. The number of benzene rings is 1. The van der Waals surface area contributed by atoms with Crippen molar-refractivity contribution in [2.24, 2.45) is 5.73 Å². The number of aliphatic hydroxyl groups excluding tert-OH is 1. The lowest BCUT2D eigenvalue weighted by Gasteiger charge is -2.19. The van der Waals surface area contributed by atoms with Crippen LogP contribution in [0.25, 0.3) is 0 Å². The Labute approximate surface area is 97.2 Å². The molecular formula is C12H14F3NO. The lowest BCUT2D eigenvalue weighted by Crippen LogP contribution is -2.25. The number of fused-ring (bicyclic) bond motifs is 1. The first-order chi connectivity index (χ1) is 7.89. The van der Waals surface area contributed by atoms with Crippen LogP contribution >= 0.6 is 0 Å². The van der Waals surface area contributed by atoms with E-state index in [1.165, 1.54) is 6.07 Å². The molecule has 0 heterocycles. The highest BCUT2D eigenvalue weighted by Gasteiger charge is 2.32. The summed E-state index contributed by atoms with van der Waals surface area (Å²) in [5.74, 6) is 0. The summed E-state index contributed by atoms with van der Waals surface area (Å²) >= 11 is 0. The molecule has 5 heteroatoms. The van der Waals surface area contributed by atoms with E-state index in [2.05, 4.69) is 0 Å². The van der Waals surface area contributed by atoms with Crippen LogP contribution in [-0.2, 0) is 12.6 Å². The second-order valence-electron chi connectivity index (χ2n) is 4.40. The number of nitrogens with two attached hydrogens (primary N) is 1. The third-order valence-electron chi connectivity index (χ3n) is 3.19. The van der Waals surface area contributed by atoms with Gasteiger partial charge in [-0.1, -0.05) is 6.07 Å². The van der Waals surface area contributed by atoms with Crippen molar-refractivity contribution in [3.8, 4) is 0 Å². The molecule has 0 spiro atoms. The Morgan fingerprint density at radius 2 is 2.00 bits per heavy atom. The van der Waals surface area contributed by atoms with Crippen LogP contribution in [0.4, 0.5) is 13.2 Å². The quantitative estimate of drug-likeness (QED) is 0.689. The first-order valence-electron chi connectivity index (χ1n) is 5.53. The number of aryl methyl sites for hydroxylation is 1. The summed E-state index contributed by atoms with van der Waals surface area (Å²) in [4.78, 5) is 0. The normalized spacial score (nSPS) is 25.2. The van der Waals surface area contributed by atoms with Gasteiger partial charge >= 0.3 is 6.18 Å². The number of hydrogen-bond acceptors (Lipinski definition) is 2. The fraction of sp³-hybridized carbons (Fsp3) is 0.500. The average molecular weight is 245 g/mol. The predicted molar refractivity (Wildman–Crippen MR) is 57.3 cm³/mol. The van der Waals surface area contributed by atoms with E-state index in [0.717, 1.165) is 24.1 Å². The van der Waals surface area contributed by atoms with Crippen LogP contribution in [0.5, 0.6) is 0 Å². The van der Waals surface area contributed by atoms with Crippen LogP contribution in [0.2, 0.25) is 0 Å². The summed E-state index contributed by atoms with van der Waals surface area (Å²) in [6.45, 7) is 0.